The second kappa shape index (κ2) is 8.44. The minimum atomic E-state index is -4.75. The number of halogens is 3. The molecule has 158 valence electrons. The first-order valence-corrected chi connectivity index (χ1v) is 11.1. The maximum Gasteiger partial charge on any atom is 0.573 e. The monoisotopic (exact) mass is 456 g/mol. The summed E-state index contributed by atoms with van der Waals surface area (Å²) in [4.78, 5) is 17.3. The van der Waals surface area contributed by atoms with Crippen LogP contribution >= 0.6 is 11.3 Å². The number of amides is 1. The molecule has 11 heteroatoms. The zero-order valence-electron chi connectivity index (χ0n) is 15.4. The van der Waals surface area contributed by atoms with Gasteiger partial charge in [0.05, 0.1) is 10.5 Å². The van der Waals surface area contributed by atoms with Crippen molar-refractivity contribution in [3.8, 4) is 5.75 Å². The summed E-state index contributed by atoms with van der Waals surface area (Å²) in [5.41, 5.74) is 0.741. The number of rotatable bonds is 6. The van der Waals surface area contributed by atoms with Crippen LogP contribution in [0.25, 0.3) is 0 Å². The van der Waals surface area contributed by atoms with Crippen LogP contribution in [0.1, 0.15) is 20.8 Å². The topological polar surface area (TPSA) is 85.4 Å². The fourth-order valence-electron chi connectivity index (χ4n) is 2.60. The van der Waals surface area contributed by atoms with Crippen molar-refractivity contribution < 1.29 is 31.1 Å². The van der Waals surface area contributed by atoms with Crippen LogP contribution < -0.4 is 10.1 Å². The number of hydrogen-bond donors (Lipinski definition) is 1. The SMILES string of the molecule is CS(=O)(=O)c1ccccc1C(=O)Nc1ncc(Cc2ccc(OC(F)(F)F)cc2)s1. The first kappa shape index (κ1) is 21.8. The third-order valence-electron chi connectivity index (χ3n) is 3.84. The van der Waals surface area contributed by atoms with Gasteiger partial charge in [0.2, 0.25) is 0 Å². The predicted molar refractivity (Wildman–Crippen MR) is 106 cm³/mol. The van der Waals surface area contributed by atoms with E-state index in [2.05, 4.69) is 15.0 Å². The van der Waals surface area contributed by atoms with Crippen LogP contribution in [0.4, 0.5) is 18.3 Å². The van der Waals surface area contributed by atoms with Gasteiger partial charge in [-0.15, -0.1) is 24.5 Å². The highest BCUT2D eigenvalue weighted by atomic mass is 32.2. The minimum absolute atomic E-state index is 0.0111. The van der Waals surface area contributed by atoms with Gasteiger partial charge in [-0.1, -0.05) is 24.3 Å². The van der Waals surface area contributed by atoms with Crippen molar-refractivity contribution in [3.05, 3.63) is 70.7 Å². The first-order chi connectivity index (χ1) is 14.0. The van der Waals surface area contributed by atoms with Gasteiger partial charge in [0.25, 0.3) is 5.91 Å². The van der Waals surface area contributed by atoms with Crippen molar-refractivity contribution in [2.75, 3.05) is 11.6 Å². The summed E-state index contributed by atoms with van der Waals surface area (Å²) in [6, 6.07) is 11.3. The molecule has 0 atom stereocenters. The number of benzene rings is 2. The molecule has 3 aromatic rings. The summed E-state index contributed by atoms with van der Waals surface area (Å²) in [5, 5.41) is 2.84. The lowest BCUT2D eigenvalue weighted by molar-refractivity contribution is -0.274. The van der Waals surface area contributed by atoms with Crippen LogP contribution in [0.5, 0.6) is 5.75 Å². The number of thiazole rings is 1. The Labute approximate surface area is 174 Å². The molecule has 1 heterocycles. The molecule has 0 aliphatic carbocycles. The van der Waals surface area contributed by atoms with Gasteiger partial charge in [0.1, 0.15) is 5.75 Å². The van der Waals surface area contributed by atoms with Gasteiger partial charge in [-0.2, -0.15) is 0 Å². The van der Waals surface area contributed by atoms with Gasteiger partial charge in [-0.3, -0.25) is 10.1 Å². The lowest BCUT2D eigenvalue weighted by Crippen LogP contribution is -2.17. The molecule has 0 radical (unpaired) electrons. The first-order valence-electron chi connectivity index (χ1n) is 8.41. The van der Waals surface area contributed by atoms with E-state index in [1.54, 1.807) is 6.07 Å². The number of anilines is 1. The molecule has 1 N–H and O–H groups in total. The number of alkyl halides is 3. The average molecular weight is 456 g/mol. The number of nitrogens with zero attached hydrogens (tertiary/aromatic N) is 1. The fraction of sp³-hybridized carbons (Fsp3) is 0.158. The van der Waals surface area contributed by atoms with Gasteiger partial charge >= 0.3 is 6.36 Å². The molecule has 1 amide bonds. The average Bonchev–Trinajstić information content (AvgIpc) is 3.08. The van der Waals surface area contributed by atoms with Gasteiger partial charge < -0.3 is 4.74 Å². The summed E-state index contributed by atoms with van der Waals surface area (Å²) in [5.74, 6) is -0.918. The van der Waals surface area contributed by atoms with Crippen molar-refractivity contribution in [1.29, 1.82) is 0 Å². The van der Waals surface area contributed by atoms with Crippen LogP contribution in [0.15, 0.2) is 59.6 Å². The third kappa shape index (κ3) is 5.80. The minimum Gasteiger partial charge on any atom is -0.406 e. The smallest absolute Gasteiger partial charge is 0.406 e. The van der Waals surface area contributed by atoms with Crippen LogP contribution in [0.2, 0.25) is 0 Å². The molecule has 0 bridgehead atoms. The molecule has 0 aliphatic heterocycles. The van der Waals surface area contributed by atoms with Crippen molar-refractivity contribution in [3.63, 3.8) is 0 Å². The third-order valence-corrected chi connectivity index (χ3v) is 5.91. The highest BCUT2D eigenvalue weighted by Gasteiger charge is 2.31. The van der Waals surface area contributed by atoms with Crippen molar-refractivity contribution in [1.82, 2.24) is 4.98 Å². The Kier molecular flexibility index (Phi) is 6.13. The number of ether oxygens (including phenoxy) is 1. The zero-order valence-corrected chi connectivity index (χ0v) is 17.1. The lowest BCUT2D eigenvalue weighted by atomic mass is 10.1. The molecule has 30 heavy (non-hydrogen) atoms. The summed E-state index contributed by atoms with van der Waals surface area (Å²) in [6.07, 6.45) is -1.81. The van der Waals surface area contributed by atoms with E-state index in [9.17, 15) is 26.4 Å². The molecule has 0 saturated carbocycles. The van der Waals surface area contributed by atoms with E-state index in [0.29, 0.717) is 6.42 Å². The largest absolute Gasteiger partial charge is 0.573 e. The van der Waals surface area contributed by atoms with Crippen LogP contribution in [-0.4, -0.2) is 31.9 Å². The molecular weight excluding hydrogens is 441 g/mol. The van der Waals surface area contributed by atoms with Crippen molar-refractivity contribution in [2.24, 2.45) is 0 Å². The van der Waals surface area contributed by atoms with E-state index in [-0.39, 0.29) is 21.3 Å². The highest BCUT2D eigenvalue weighted by Crippen LogP contribution is 2.26. The molecule has 0 fully saturated rings. The summed E-state index contributed by atoms with van der Waals surface area (Å²) >= 11 is 1.17. The molecule has 2 aromatic carbocycles. The molecule has 0 unspecified atom stereocenters. The second-order valence-electron chi connectivity index (χ2n) is 6.22. The van der Waals surface area contributed by atoms with E-state index in [1.165, 1.54) is 60.0 Å². The standard InChI is InChI=1S/C19H15F3N2O4S2/c1-30(26,27)16-5-3-2-4-15(16)17(25)24-18-23-11-14(29-18)10-12-6-8-13(9-7-12)28-19(20,21)22/h2-9,11H,10H2,1H3,(H,23,24,25). The second-order valence-corrected chi connectivity index (χ2v) is 9.32. The van der Waals surface area contributed by atoms with E-state index in [0.717, 1.165) is 16.7 Å². The number of nitrogens with one attached hydrogen (secondary N) is 1. The normalized spacial score (nSPS) is 11.9. The van der Waals surface area contributed by atoms with Gasteiger partial charge in [0.15, 0.2) is 15.0 Å². The van der Waals surface area contributed by atoms with Gasteiger partial charge in [-0.25, -0.2) is 13.4 Å². The van der Waals surface area contributed by atoms with Gasteiger partial charge in [-0.05, 0) is 29.8 Å². The van der Waals surface area contributed by atoms with Gasteiger partial charge in [0, 0.05) is 23.8 Å². The predicted octanol–water partition coefficient (Wildman–Crippen LogP) is 4.29. The lowest BCUT2D eigenvalue weighted by Gasteiger charge is -2.09. The molecule has 0 saturated heterocycles. The Morgan fingerprint density at radius 2 is 1.80 bits per heavy atom. The molecule has 6 nitrogen and oxygen atoms in total. The number of aromatic nitrogens is 1. The molecule has 0 spiro atoms. The Balaban J connectivity index is 1.68. The number of carbonyl (C=O) groups is 1. The number of hydrogen-bond acceptors (Lipinski definition) is 6. The summed E-state index contributed by atoms with van der Waals surface area (Å²) in [7, 11) is -3.58. The number of carbonyl (C=O) groups excluding carboxylic acids is 1. The molecular formula is C19H15F3N2O4S2. The van der Waals surface area contributed by atoms with Crippen molar-refractivity contribution >= 4 is 32.2 Å². The Bertz CT molecular complexity index is 1160. The van der Waals surface area contributed by atoms with Crippen molar-refractivity contribution in [2.45, 2.75) is 17.7 Å². The Morgan fingerprint density at radius 3 is 2.43 bits per heavy atom. The van der Waals surface area contributed by atoms with E-state index < -0.39 is 22.1 Å². The Hall–Kier alpha value is -2.92. The summed E-state index contributed by atoms with van der Waals surface area (Å²) < 4.78 is 64.2. The molecule has 3 rings (SSSR count). The van der Waals surface area contributed by atoms with Crippen LogP contribution in [-0.2, 0) is 16.3 Å². The van der Waals surface area contributed by atoms with Crippen LogP contribution in [0.3, 0.4) is 0 Å². The molecule has 0 aliphatic rings. The maximum absolute atomic E-state index is 12.5. The quantitative estimate of drug-likeness (QED) is 0.598. The molecule has 1 aromatic heterocycles. The van der Waals surface area contributed by atoms with E-state index >= 15 is 0 Å². The van der Waals surface area contributed by atoms with E-state index in [1.807, 2.05) is 0 Å². The fourth-order valence-corrected chi connectivity index (χ4v) is 4.33. The Morgan fingerprint density at radius 1 is 1.13 bits per heavy atom. The summed E-state index contributed by atoms with van der Waals surface area (Å²) in [6.45, 7) is 0. The van der Waals surface area contributed by atoms with Crippen LogP contribution in [0, 0.1) is 0 Å². The number of sulfone groups is 1. The highest BCUT2D eigenvalue weighted by molar-refractivity contribution is 7.90. The zero-order chi connectivity index (χ0) is 21.9. The maximum atomic E-state index is 12.5. The van der Waals surface area contributed by atoms with E-state index in [4.69, 9.17) is 0 Å².